The second kappa shape index (κ2) is 16.5. The Morgan fingerprint density at radius 3 is 2.12 bits per heavy atom. The number of hydrogen-bond acceptors (Lipinski definition) is 4. The Labute approximate surface area is 334 Å². The molecule has 3 aromatic carbocycles. The molecule has 1 radical (unpaired) electrons. The van der Waals surface area contributed by atoms with Gasteiger partial charge in [0.1, 0.15) is 0 Å². The van der Waals surface area contributed by atoms with Crippen LogP contribution in [0.25, 0.3) is 55.8 Å². The molecule has 0 atom stereocenters. The maximum atomic E-state index is 8.81. The van der Waals surface area contributed by atoms with Crippen LogP contribution in [0, 0.1) is 25.8 Å². The van der Waals surface area contributed by atoms with E-state index in [0.717, 1.165) is 57.1 Å². The van der Waals surface area contributed by atoms with Crippen LogP contribution in [0.3, 0.4) is 0 Å². The number of pyridine rings is 3. The summed E-state index contributed by atoms with van der Waals surface area (Å²) in [6.45, 7) is 9.18. The first-order chi connectivity index (χ1) is 27.6. The fourth-order valence-corrected chi connectivity index (χ4v) is 6.42. The largest absolute Gasteiger partial charge is 0.486 e. The summed E-state index contributed by atoms with van der Waals surface area (Å²) in [5.74, 6) is -1.82. The van der Waals surface area contributed by atoms with Gasteiger partial charge in [0, 0.05) is 54.4 Å². The van der Waals surface area contributed by atoms with Crippen molar-refractivity contribution in [2.45, 2.75) is 92.2 Å². The summed E-state index contributed by atoms with van der Waals surface area (Å²) in [6.07, 6.45) is 4.70. The Kier molecular flexibility index (Phi) is 9.22. The van der Waals surface area contributed by atoms with Gasteiger partial charge in [0.15, 0.2) is 0 Å². The van der Waals surface area contributed by atoms with E-state index in [1.165, 1.54) is 6.20 Å². The quantitative estimate of drug-likeness (QED) is 0.143. The third-order valence-electron chi connectivity index (χ3n) is 9.82. The maximum absolute atomic E-state index is 8.81. The molecule has 0 bridgehead atoms. The summed E-state index contributed by atoms with van der Waals surface area (Å²) in [6, 6.07) is 32.0. The van der Waals surface area contributed by atoms with E-state index in [1.54, 1.807) is 36.5 Å². The van der Waals surface area contributed by atoms with E-state index in [1.807, 2.05) is 82.3 Å². The van der Waals surface area contributed by atoms with E-state index in [-0.39, 0.29) is 31.1 Å². The summed E-state index contributed by atoms with van der Waals surface area (Å²) in [5, 5.41) is 1.63. The van der Waals surface area contributed by atoms with Crippen molar-refractivity contribution in [2.75, 3.05) is 0 Å². The van der Waals surface area contributed by atoms with Crippen LogP contribution in [0.5, 0.6) is 0 Å². The third kappa shape index (κ3) is 7.82. The standard InChI is InChI=1S/C35H39N2O.C12H10N.Ir/c1-9-35(8,10-2)29-20-36-31(19-23(29)7)28-16-12-15-26-27-17-18-30(37-34(27)38-33(26)28)32-24(21(3)4)13-11-14-25(32)22(5)6;1-10-7-8-12(13-9-10)11-5-3-2-4-6-11;/h11-15,17-22H,9-10H2,1-8H3;2-5,7-9H,1H3;/q2*-1;/i7D3,21D,22D;1D3;. The summed E-state index contributed by atoms with van der Waals surface area (Å²) >= 11 is 0. The zero-order chi connectivity index (χ0) is 43.1. The molecule has 4 heterocycles. The molecule has 7 rings (SSSR count). The molecule has 7 aromatic rings. The SMILES string of the molecule is [2H]C([2H])([2H])c1cc(-c2[c-]ccc3c2oc2nc(-c4c(C([2H])(C)C)cccc4C([2H])(C)C)ccc23)ncc1C(C)(CC)CC.[2H]C([2H])([2H])c1ccc(-c2[c-]cccc2)nc1.[Ir]. The van der Waals surface area contributed by atoms with E-state index >= 15 is 0 Å². The average Bonchev–Trinajstić information content (AvgIpc) is 3.57. The molecule has 0 saturated heterocycles. The Morgan fingerprint density at radius 2 is 1.50 bits per heavy atom. The van der Waals surface area contributed by atoms with Crippen LogP contribution in [0.2, 0.25) is 0 Å². The van der Waals surface area contributed by atoms with E-state index in [4.69, 9.17) is 25.4 Å². The number of aromatic nitrogens is 3. The van der Waals surface area contributed by atoms with Gasteiger partial charge in [0.2, 0.25) is 5.71 Å². The minimum absolute atomic E-state index is 0. The number of rotatable bonds is 8. The van der Waals surface area contributed by atoms with Gasteiger partial charge in [0.25, 0.3) is 0 Å². The van der Waals surface area contributed by atoms with Gasteiger partial charge >= 0.3 is 0 Å². The van der Waals surface area contributed by atoms with E-state index in [9.17, 15) is 0 Å². The van der Waals surface area contributed by atoms with Crippen molar-refractivity contribution < 1.29 is 35.5 Å². The van der Waals surface area contributed by atoms with Crippen molar-refractivity contribution >= 4 is 22.1 Å². The molecule has 0 aliphatic rings. The summed E-state index contributed by atoms with van der Waals surface area (Å²) in [7, 11) is 0. The minimum Gasteiger partial charge on any atom is -0.486 e. The van der Waals surface area contributed by atoms with Crippen molar-refractivity contribution in [3.05, 3.63) is 137 Å². The van der Waals surface area contributed by atoms with E-state index in [2.05, 4.69) is 37.9 Å². The molecule has 0 saturated carbocycles. The van der Waals surface area contributed by atoms with Gasteiger partial charge in [-0.05, 0) is 89.5 Å². The first-order valence-electron chi connectivity index (χ1n) is 21.4. The first kappa shape index (κ1) is 29.1. The van der Waals surface area contributed by atoms with Crippen molar-refractivity contribution in [1.29, 1.82) is 0 Å². The molecule has 5 heteroatoms. The normalized spacial score (nSPS) is 14.7. The van der Waals surface area contributed by atoms with Gasteiger partial charge < -0.3 is 14.4 Å². The Hall–Kier alpha value is -4.44. The Balaban J connectivity index is 0.000000336. The fraction of sp³-hybridized carbons (Fsp3) is 0.298. The van der Waals surface area contributed by atoms with Crippen molar-refractivity contribution in [3.63, 3.8) is 0 Å². The van der Waals surface area contributed by atoms with Crippen LogP contribution in [0.15, 0.2) is 102 Å². The van der Waals surface area contributed by atoms with Crippen molar-refractivity contribution in [2.24, 2.45) is 0 Å². The molecule has 0 aliphatic heterocycles. The summed E-state index contributed by atoms with van der Waals surface area (Å²) in [4.78, 5) is 13.8. The number of fused-ring (bicyclic) bond motifs is 3. The van der Waals surface area contributed by atoms with E-state index in [0.29, 0.717) is 33.8 Å². The van der Waals surface area contributed by atoms with Gasteiger partial charge in [-0.3, -0.25) is 0 Å². The number of furan rings is 1. The number of hydrogen-bond donors (Lipinski definition) is 0. The molecule has 0 amide bonds. The van der Waals surface area contributed by atoms with Gasteiger partial charge in [-0.1, -0.05) is 101 Å². The Bertz CT molecular complexity index is 2550. The molecule has 0 fully saturated rings. The molecule has 0 spiro atoms. The van der Waals surface area contributed by atoms with Crippen molar-refractivity contribution in [1.82, 2.24) is 15.0 Å². The second-order valence-corrected chi connectivity index (χ2v) is 13.6. The van der Waals surface area contributed by atoms with Crippen LogP contribution in [-0.4, -0.2) is 15.0 Å². The summed E-state index contributed by atoms with van der Waals surface area (Å²) < 4.78 is 70.7. The monoisotopic (exact) mass is 872 g/mol. The number of benzene rings is 3. The van der Waals surface area contributed by atoms with Crippen LogP contribution in [0.1, 0.15) is 112 Å². The average molecular weight is 872 g/mol. The van der Waals surface area contributed by atoms with Crippen molar-refractivity contribution in [3.8, 4) is 33.8 Å². The predicted molar refractivity (Wildman–Crippen MR) is 213 cm³/mol. The number of nitrogens with zero attached hydrogens (tertiary/aromatic N) is 3. The van der Waals surface area contributed by atoms with Gasteiger partial charge in [-0.25, -0.2) is 4.98 Å². The Morgan fingerprint density at radius 1 is 0.769 bits per heavy atom. The van der Waals surface area contributed by atoms with Crippen LogP contribution in [0.4, 0.5) is 0 Å². The molecular weight excluding hydrogens is 815 g/mol. The van der Waals surface area contributed by atoms with E-state index < -0.39 is 25.5 Å². The zero-order valence-electron chi connectivity index (χ0n) is 38.7. The molecule has 0 aliphatic carbocycles. The van der Waals surface area contributed by atoms with Gasteiger partial charge in [-0.2, -0.15) is 0 Å². The predicted octanol–water partition coefficient (Wildman–Crippen LogP) is 13.0. The zero-order valence-corrected chi connectivity index (χ0v) is 33.1. The first-order valence-corrected chi connectivity index (χ1v) is 17.4. The maximum Gasteiger partial charge on any atom is 0.216 e. The minimum atomic E-state index is -2.31. The van der Waals surface area contributed by atoms with Gasteiger partial charge in [0.05, 0.1) is 11.3 Å². The second-order valence-electron chi connectivity index (χ2n) is 13.6. The van der Waals surface area contributed by atoms with Crippen LogP contribution in [-0.2, 0) is 25.5 Å². The molecule has 4 nitrogen and oxygen atoms in total. The molecule has 52 heavy (non-hydrogen) atoms. The van der Waals surface area contributed by atoms with Crippen LogP contribution >= 0.6 is 0 Å². The van der Waals surface area contributed by atoms with Crippen LogP contribution < -0.4 is 0 Å². The number of aryl methyl sites for hydroxylation is 2. The third-order valence-corrected chi connectivity index (χ3v) is 9.82. The fourth-order valence-electron chi connectivity index (χ4n) is 6.42. The molecule has 0 unspecified atom stereocenters. The topological polar surface area (TPSA) is 51.8 Å². The molecule has 4 aromatic heterocycles. The summed E-state index contributed by atoms with van der Waals surface area (Å²) in [5.41, 5.74) is 7.56. The molecule has 0 N–H and O–H groups in total. The van der Waals surface area contributed by atoms with Gasteiger partial charge in [-0.15, -0.1) is 54.1 Å². The molecule has 269 valence electrons. The molecular formula is C47H49IrN3O-2. The smallest absolute Gasteiger partial charge is 0.216 e.